The molecule has 2 heterocycles. The summed E-state index contributed by atoms with van der Waals surface area (Å²) in [6.07, 6.45) is 4.76. The average Bonchev–Trinajstić information content (AvgIpc) is 3.15. The van der Waals surface area contributed by atoms with Gasteiger partial charge >= 0.3 is 0 Å². The van der Waals surface area contributed by atoms with Gasteiger partial charge in [0.25, 0.3) is 0 Å². The first kappa shape index (κ1) is 16.7. The third kappa shape index (κ3) is 4.96. The van der Waals surface area contributed by atoms with Gasteiger partial charge in [-0.05, 0) is 44.2 Å². The lowest BCUT2D eigenvalue weighted by Crippen LogP contribution is -2.41. The van der Waals surface area contributed by atoms with E-state index < -0.39 is 0 Å². The van der Waals surface area contributed by atoms with Gasteiger partial charge in [0.15, 0.2) is 0 Å². The van der Waals surface area contributed by atoms with Crippen LogP contribution in [0.3, 0.4) is 0 Å². The highest BCUT2D eigenvalue weighted by Gasteiger charge is 2.15. The number of aryl methyl sites for hydroxylation is 1. The Kier molecular flexibility index (Phi) is 6.15. The van der Waals surface area contributed by atoms with E-state index >= 15 is 0 Å². The molecule has 2 rings (SSSR count). The Balaban J connectivity index is 1.66. The number of carbonyl (C=O) groups excluding carboxylic acids is 1. The standard InChI is InChI=1S/C16H24N4OS/c1-12-9-19-20(11-12)14(3)13(2)18-10-16(21)17-7-6-15-5-4-8-22-15/h4-5,8-9,11,13-14,18H,6-7,10H2,1-3H3,(H,17,21)/t13-,14+/m1/s1. The van der Waals surface area contributed by atoms with Gasteiger partial charge < -0.3 is 10.6 Å². The van der Waals surface area contributed by atoms with Gasteiger partial charge in [-0.2, -0.15) is 5.10 Å². The fourth-order valence-electron chi connectivity index (χ4n) is 2.15. The van der Waals surface area contributed by atoms with E-state index in [0.717, 1.165) is 12.0 Å². The van der Waals surface area contributed by atoms with Crippen LogP contribution in [-0.4, -0.2) is 34.8 Å². The van der Waals surface area contributed by atoms with Gasteiger partial charge in [0.2, 0.25) is 5.91 Å². The summed E-state index contributed by atoms with van der Waals surface area (Å²) >= 11 is 1.72. The van der Waals surface area contributed by atoms with Crippen molar-refractivity contribution in [3.8, 4) is 0 Å². The zero-order valence-electron chi connectivity index (χ0n) is 13.4. The molecule has 0 bridgehead atoms. The molecule has 0 fully saturated rings. The quantitative estimate of drug-likeness (QED) is 0.783. The molecule has 2 aromatic rings. The van der Waals surface area contributed by atoms with E-state index in [9.17, 15) is 4.79 Å². The monoisotopic (exact) mass is 320 g/mol. The molecule has 120 valence electrons. The van der Waals surface area contributed by atoms with Gasteiger partial charge in [-0.1, -0.05) is 6.07 Å². The highest BCUT2D eigenvalue weighted by molar-refractivity contribution is 7.09. The van der Waals surface area contributed by atoms with Gasteiger partial charge in [-0.15, -0.1) is 11.3 Å². The minimum Gasteiger partial charge on any atom is -0.355 e. The Labute approximate surface area is 135 Å². The molecule has 2 aromatic heterocycles. The van der Waals surface area contributed by atoms with Crippen LogP contribution in [0.2, 0.25) is 0 Å². The Morgan fingerprint density at radius 3 is 2.91 bits per heavy atom. The second kappa shape index (κ2) is 8.10. The summed E-state index contributed by atoms with van der Waals surface area (Å²) in [7, 11) is 0. The molecule has 6 heteroatoms. The fraction of sp³-hybridized carbons (Fsp3) is 0.500. The summed E-state index contributed by atoms with van der Waals surface area (Å²) < 4.78 is 1.93. The van der Waals surface area contributed by atoms with Gasteiger partial charge in [-0.3, -0.25) is 9.48 Å². The first-order valence-electron chi connectivity index (χ1n) is 7.59. The lowest BCUT2D eigenvalue weighted by Gasteiger charge is -2.21. The van der Waals surface area contributed by atoms with Crippen LogP contribution in [-0.2, 0) is 11.2 Å². The van der Waals surface area contributed by atoms with Crippen LogP contribution in [0.4, 0.5) is 0 Å². The average molecular weight is 320 g/mol. The topological polar surface area (TPSA) is 59.0 Å². The predicted molar refractivity (Wildman–Crippen MR) is 90.2 cm³/mol. The summed E-state index contributed by atoms with van der Waals surface area (Å²) in [5, 5.41) is 12.6. The van der Waals surface area contributed by atoms with Crippen LogP contribution in [0.15, 0.2) is 29.9 Å². The van der Waals surface area contributed by atoms with Crippen molar-refractivity contribution in [2.75, 3.05) is 13.1 Å². The van der Waals surface area contributed by atoms with Crippen molar-refractivity contribution in [1.29, 1.82) is 0 Å². The minimum atomic E-state index is 0.0345. The van der Waals surface area contributed by atoms with Crippen molar-refractivity contribution in [2.24, 2.45) is 0 Å². The molecular weight excluding hydrogens is 296 g/mol. The molecule has 0 unspecified atom stereocenters. The molecule has 0 aliphatic carbocycles. The molecule has 2 atom stereocenters. The second-order valence-corrected chi connectivity index (χ2v) is 6.62. The minimum absolute atomic E-state index is 0.0345. The number of carbonyl (C=O) groups is 1. The number of rotatable bonds is 8. The number of hydrogen-bond acceptors (Lipinski definition) is 4. The van der Waals surface area contributed by atoms with Gasteiger partial charge in [0.1, 0.15) is 0 Å². The Bertz CT molecular complexity index is 579. The number of nitrogens with one attached hydrogen (secondary N) is 2. The van der Waals surface area contributed by atoms with Crippen molar-refractivity contribution < 1.29 is 4.79 Å². The smallest absolute Gasteiger partial charge is 0.233 e. The highest BCUT2D eigenvalue weighted by atomic mass is 32.1. The molecule has 1 amide bonds. The van der Waals surface area contributed by atoms with Crippen LogP contribution >= 0.6 is 11.3 Å². The van der Waals surface area contributed by atoms with Crippen LogP contribution in [0.25, 0.3) is 0 Å². The maximum absolute atomic E-state index is 11.8. The summed E-state index contributed by atoms with van der Waals surface area (Å²) in [4.78, 5) is 13.1. The SMILES string of the molecule is Cc1cnn([C@@H](C)[C@@H](C)NCC(=O)NCCc2cccs2)c1. The number of aromatic nitrogens is 2. The molecule has 0 saturated carbocycles. The maximum Gasteiger partial charge on any atom is 0.233 e. The van der Waals surface area contributed by atoms with Crippen molar-refractivity contribution in [3.05, 3.63) is 40.3 Å². The molecule has 0 aromatic carbocycles. The molecule has 22 heavy (non-hydrogen) atoms. The molecule has 2 N–H and O–H groups in total. The second-order valence-electron chi connectivity index (χ2n) is 5.59. The van der Waals surface area contributed by atoms with E-state index in [1.807, 2.05) is 30.1 Å². The largest absolute Gasteiger partial charge is 0.355 e. The normalized spacial score (nSPS) is 13.8. The summed E-state index contributed by atoms with van der Waals surface area (Å²) in [6.45, 7) is 7.20. The van der Waals surface area contributed by atoms with Crippen molar-refractivity contribution in [1.82, 2.24) is 20.4 Å². The van der Waals surface area contributed by atoms with Crippen molar-refractivity contribution in [3.63, 3.8) is 0 Å². The lowest BCUT2D eigenvalue weighted by atomic mass is 10.2. The maximum atomic E-state index is 11.8. The van der Waals surface area contributed by atoms with Gasteiger partial charge in [-0.25, -0.2) is 0 Å². The molecular formula is C16H24N4OS. The summed E-state index contributed by atoms with van der Waals surface area (Å²) in [5.74, 6) is 0.0345. The summed E-state index contributed by atoms with van der Waals surface area (Å²) in [5.41, 5.74) is 1.14. The first-order chi connectivity index (χ1) is 10.6. The third-order valence-corrected chi connectivity index (χ3v) is 4.67. The molecule has 5 nitrogen and oxygen atoms in total. The summed E-state index contributed by atoms with van der Waals surface area (Å²) in [6, 6.07) is 4.49. The highest BCUT2D eigenvalue weighted by Crippen LogP contribution is 2.10. The van der Waals surface area contributed by atoms with E-state index in [1.165, 1.54) is 4.88 Å². The Morgan fingerprint density at radius 1 is 1.45 bits per heavy atom. The van der Waals surface area contributed by atoms with Gasteiger partial charge in [0.05, 0.1) is 18.8 Å². The molecule has 0 aliphatic heterocycles. The number of hydrogen-bond donors (Lipinski definition) is 2. The van der Waals surface area contributed by atoms with E-state index in [-0.39, 0.29) is 18.0 Å². The molecule has 0 saturated heterocycles. The van der Waals surface area contributed by atoms with E-state index in [1.54, 1.807) is 11.3 Å². The van der Waals surface area contributed by atoms with Gasteiger partial charge in [0, 0.05) is 23.7 Å². The molecule has 0 spiro atoms. The number of thiophene rings is 1. The molecule has 0 aliphatic rings. The zero-order valence-corrected chi connectivity index (χ0v) is 14.2. The Hall–Kier alpha value is -1.66. The molecule has 0 radical (unpaired) electrons. The lowest BCUT2D eigenvalue weighted by molar-refractivity contribution is -0.120. The van der Waals surface area contributed by atoms with Crippen LogP contribution < -0.4 is 10.6 Å². The van der Waals surface area contributed by atoms with E-state index in [0.29, 0.717) is 13.1 Å². The van der Waals surface area contributed by atoms with Crippen LogP contribution in [0, 0.1) is 6.92 Å². The number of nitrogens with zero attached hydrogens (tertiary/aromatic N) is 2. The van der Waals surface area contributed by atoms with E-state index in [2.05, 4.69) is 41.0 Å². The van der Waals surface area contributed by atoms with Crippen LogP contribution in [0.5, 0.6) is 0 Å². The predicted octanol–water partition coefficient (Wildman–Crippen LogP) is 2.15. The van der Waals surface area contributed by atoms with Crippen LogP contribution in [0.1, 0.15) is 30.3 Å². The Morgan fingerprint density at radius 2 is 2.27 bits per heavy atom. The van der Waals surface area contributed by atoms with Crippen molar-refractivity contribution in [2.45, 2.75) is 39.3 Å². The number of amides is 1. The van der Waals surface area contributed by atoms with Crippen molar-refractivity contribution >= 4 is 17.2 Å². The van der Waals surface area contributed by atoms with E-state index in [4.69, 9.17) is 0 Å². The fourth-order valence-corrected chi connectivity index (χ4v) is 2.86. The zero-order chi connectivity index (χ0) is 15.9. The first-order valence-corrected chi connectivity index (χ1v) is 8.47. The third-order valence-electron chi connectivity index (χ3n) is 3.73.